The number of halogens is 2. The number of benzene rings is 1. The fraction of sp³-hybridized carbons (Fsp3) is 0. The molecule has 80 valence electrons. The number of ether oxygens (including phenoxy) is 2. The zero-order valence-electron chi connectivity index (χ0n) is 7.07. The number of hydrogen-bond acceptors (Lipinski definition) is 5. The second-order valence-electron chi connectivity index (χ2n) is 2.31. The van der Waals surface area contributed by atoms with Crippen LogP contribution < -0.4 is 9.47 Å². The maximum Gasteiger partial charge on any atom is 0.409 e. The number of carbonyl (C=O) groups excluding carboxylic acids is 2. The van der Waals surface area contributed by atoms with E-state index in [1.165, 1.54) is 12.1 Å². The Hall–Kier alpha value is -1.46. The molecule has 7 heteroatoms. The molecular formula is C8H4Cl2O5. The number of phenols is 1. The molecule has 0 saturated heterocycles. The van der Waals surface area contributed by atoms with E-state index in [0.717, 1.165) is 6.07 Å². The van der Waals surface area contributed by atoms with Gasteiger partial charge in [-0.05, 0) is 12.1 Å². The third kappa shape index (κ3) is 3.65. The SMILES string of the molecule is O=C(Cl)Oc1ccc(OC(=O)Cl)c(O)c1. The van der Waals surface area contributed by atoms with Crippen molar-refractivity contribution in [3.63, 3.8) is 0 Å². The Bertz CT molecular complexity index is 404. The molecule has 5 nitrogen and oxygen atoms in total. The van der Waals surface area contributed by atoms with E-state index in [9.17, 15) is 14.7 Å². The number of hydrogen-bond donors (Lipinski definition) is 1. The minimum absolute atomic E-state index is 0.0156. The molecule has 0 spiro atoms. The molecular weight excluding hydrogens is 247 g/mol. The van der Waals surface area contributed by atoms with Gasteiger partial charge < -0.3 is 14.6 Å². The van der Waals surface area contributed by atoms with E-state index in [1.807, 2.05) is 0 Å². The van der Waals surface area contributed by atoms with Crippen molar-refractivity contribution in [3.8, 4) is 17.2 Å². The van der Waals surface area contributed by atoms with Crippen LogP contribution in [0.4, 0.5) is 9.59 Å². The van der Waals surface area contributed by atoms with Crippen LogP contribution in [0.5, 0.6) is 17.2 Å². The molecule has 15 heavy (non-hydrogen) atoms. The van der Waals surface area contributed by atoms with Crippen LogP contribution in [0.2, 0.25) is 0 Å². The van der Waals surface area contributed by atoms with Crippen LogP contribution in [0.25, 0.3) is 0 Å². The average molecular weight is 251 g/mol. The van der Waals surface area contributed by atoms with E-state index in [-0.39, 0.29) is 11.5 Å². The molecule has 1 aromatic carbocycles. The summed E-state index contributed by atoms with van der Waals surface area (Å²) in [6.07, 6.45) is 0. The second-order valence-corrected chi connectivity index (χ2v) is 2.93. The van der Waals surface area contributed by atoms with Gasteiger partial charge in [-0.15, -0.1) is 0 Å². The summed E-state index contributed by atoms with van der Waals surface area (Å²) >= 11 is 9.87. The normalized spacial score (nSPS) is 9.47. The summed E-state index contributed by atoms with van der Waals surface area (Å²) in [4.78, 5) is 20.7. The van der Waals surface area contributed by atoms with Crippen LogP contribution in [0.15, 0.2) is 18.2 Å². The Labute approximate surface area is 94.1 Å². The van der Waals surface area contributed by atoms with Gasteiger partial charge in [0.2, 0.25) is 0 Å². The van der Waals surface area contributed by atoms with Crippen LogP contribution >= 0.6 is 23.2 Å². The highest BCUT2D eigenvalue weighted by Gasteiger charge is 2.09. The minimum atomic E-state index is -1.09. The average Bonchev–Trinajstić information content (AvgIpc) is 2.08. The van der Waals surface area contributed by atoms with Crippen LogP contribution in [-0.2, 0) is 0 Å². The number of aromatic hydroxyl groups is 1. The zero-order valence-corrected chi connectivity index (χ0v) is 8.58. The summed E-state index contributed by atoms with van der Waals surface area (Å²) in [5.41, 5.74) is -2.14. The van der Waals surface area contributed by atoms with Crippen molar-refractivity contribution in [1.82, 2.24) is 0 Å². The molecule has 0 unspecified atom stereocenters. The van der Waals surface area contributed by atoms with E-state index in [0.29, 0.717) is 0 Å². The van der Waals surface area contributed by atoms with E-state index >= 15 is 0 Å². The Balaban J connectivity index is 2.87. The number of phenolic OH excluding ortho intramolecular Hbond substituents is 1. The van der Waals surface area contributed by atoms with Crippen molar-refractivity contribution >= 4 is 34.1 Å². The van der Waals surface area contributed by atoms with Gasteiger partial charge in [-0.1, -0.05) is 0 Å². The smallest absolute Gasteiger partial charge is 0.409 e. The first-order chi connectivity index (χ1) is 6.99. The second kappa shape index (κ2) is 4.86. The lowest BCUT2D eigenvalue weighted by Gasteiger charge is -2.04. The number of carbonyl (C=O) groups is 2. The van der Waals surface area contributed by atoms with Crippen molar-refractivity contribution in [2.75, 3.05) is 0 Å². The molecule has 0 radical (unpaired) electrons. The summed E-state index contributed by atoms with van der Waals surface area (Å²) in [7, 11) is 0. The Morgan fingerprint density at radius 2 is 1.73 bits per heavy atom. The third-order valence-corrected chi connectivity index (χ3v) is 1.47. The van der Waals surface area contributed by atoms with E-state index in [1.54, 1.807) is 0 Å². The molecule has 1 rings (SSSR count). The lowest BCUT2D eigenvalue weighted by Crippen LogP contribution is -1.98. The molecule has 0 aliphatic carbocycles. The first-order valence-corrected chi connectivity index (χ1v) is 4.32. The van der Waals surface area contributed by atoms with Gasteiger partial charge in [0.25, 0.3) is 0 Å². The van der Waals surface area contributed by atoms with Crippen molar-refractivity contribution in [3.05, 3.63) is 18.2 Å². The number of rotatable bonds is 2. The summed E-state index contributed by atoms with van der Waals surface area (Å²) in [5.74, 6) is -0.536. The predicted molar refractivity (Wildman–Crippen MR) is 51.9 cm³/mol. The zero-order chi connectivity index (χ0) is 11.4. The van der Waals surface area contributed by atoms with Crippen molar-refractivity contribution in [2.24, 2.45) is 0 Å². The maximum absolute atomic E-state index is 10.4. The molecule has 1 N–H and O–H groups in total. The van der Waals surface area contributed by atoms with Gasteiger partial charge in [-0.2, -0.15) is 0 Å². The molecule has 1 aromatic rings. The van der Waals surface area contributed by atoms with Crippen LogP contribution in [0.1, 0.15) is 0 Å². The highest BCUT2D eigenvalue weighted by molar-refractivity contribution is 6.61. The summed E-state index contributed by atoms with van der Waals surface area (Å²) in [5, 5.41) is 9.28. The van der Waals surface area contributed by atoms with Gasteiger partial charge in [0, 0.05) is 29.3 Å². The minimum Gasteiger partial charge on any atom is -0.504 e. The van der Waals surface area contributed by atoms with Crippen LogP contribution in [0.3, 0.4) is 0 Å². The molecule has 0 aliphatic heterocycles. The summed E-state index contributed by atoms with van der Waals surface area (Å²) in [6, 6.07) is 3.52. The van der Waals surface area contributed by atoms with Gasteiger partial charge in [0.1, 0.15) is 5.75 Å². The fourth-order valence-corrected chi connectivity index (χ4v) is 0.998. The molecule has 0 atom stereocenters. The monoisotopic (exact) mass is 250 g/mol. The first kappa shape index (κ1) is 11.6. The van der Waals surface area contributed by atoms with E-state index in [4.69, 9.17) is 23.2 Å². The van der Waals surface area contributed by atoms with Crippen molar-refractivity contribution in [2.45, 2.75) is 0 Å². The molecule has 0 fully saturated rings. The molecule has 0 amide bonds. The highest BCUT2D eigenvalue weighted by Crippen LogP contribution is 2.30. The largest absolute Gasteiger partial charge is 0.504 e. The predicted octanol–water partition coefficient (Wildman–Crippen LogP) is 2.87. The molecule has 0 bridgehead atoms. The quantitative estimate of drug-likeness (QED) is 0.818. The van der Waals surface area contributed by atoms with Crippen molar-refractivity contribution in [1.29, 1.82) is 0 Å². The first-order valence-electron chi connectivity index (χ1n) is 3.56. The van der Waals surface area contributed by atoms with Gasteiger partial charge in [0.05, 0.1) is 0 Å². The van der Waals surface area contributed by atoms with E-state index < -0.39 is 16.6 Å². The summed E-state index contributed by atoms with van der Waals surface area (Å²) in [6.45, 7) is 0. The van der Waals surface area contributed by atoms with Gasteiger partial charge >= 0.3 is 10.9 Å². The van der Waals surface area contributed by atoms with Crippen molar-refractivity contribution < 1.29 is 24.2 Å². The van der Waals surface area contributed by atoms with Gasteiger partial charge in [0.15, 0.2) is 11.5 Å². The van der Waals surface area contributed by atoms with Gasteiger partial charge in [-0.25, -0.2) is 9.59 Å². The lowest BCUT2D eigenvalue weighted by atomic mass is 10.3. The molecule has 0 aliphatic rings. The Kier molecular flexibility index (Phi) is 3.76. The highest BCUT2D eigenvalue weighted by atomic mass is 35.5. The topological polar surface area (TPSA) is 72.8 Å². The summed E-state index contributed by atoms with van der Waals surface area (Å²) < 4.78 is 8.86. The Morgan fingerprint density at radius 1 is 1.13 bits per heavy atom. The maximum atomic E-state index is 10.4. The lowest BCUT2D eigenvalue weighted by molar-refractivity contribution is 0.221. The molecule has 0 aromatic heterocycles. The Morgan fingerprint density at radius 3 is 2.20 bits per heavy atom. The van der Waals surface area contributed by atoms with Crippen LogP contribution in [0, 0.1) is 0 Å². The fourth-order valence-electron chi connectivity index (χ4n) is 0.826. The van der Waals surface area contributed by atoms with Gasteiger partial charge in [-0.3, -0.25) is 0 Å². The molecule has 0 saturated carbocycles. The molecule has 0 heterocycles. The van der Waals surface area contributed by atoms with Crippen LogP contribution in [-0.4, -0.2) is 16.0 Å². The third-order valence-electron chi connectivity index (χ3n) is 1.32. The standard InChI is InChI=1S/C8H4Cl2O5/c9-7(12)14-4-1-2-6(5(11)3-4)15-8(10)13/h1-3,11H. The van der Waals surface area contributed by atoms with E-state index in [2.05, 4.69) is 9.47 Å².